The summed E-state index contributed by atoms with van der Waals surface area (Å²) >= 11 is 0. The second-order valence-corrected chi connectivity index (χ2v) is 5.46. The van der Waals surface area contributed by atoms with E-state index in [1.54, 1.807) is 12.1 Å². The van der Waals surface area contributed by atoms with Crippen LogP contribution in [-0.4, -0.2) is 37.9 Å². The van der Waals surface area contributed by atoms with Crippen molar-refractivity contribution in [1.29, 1.82) is 5.26 Å². The van der Waals surface area contributed by atoms with Crippen LogP contribution in [0, 0.1) is 11.3 Å². The molecule has 0 N–H and O–H groups in total. The molecule has 6 heteroatoms. The number of ether oxygens (including phenoxy) is 3. The number of allylic oxidation sites excluding steroid dienone is 2. The lowest BCUT2D eigenvalue weighted by Crippen LogP contribution is -2.11. The molecule has 0 saturated carbocycles. The molecule has 0 aromatic heterocycles. The van der Waals surface area contributed by atoms with Gasteiger partial charge in [0.05, 0.1) is 24.9 Å². The first-order chi connectivity index (χ1) is 12.5. The van der Waals surface area contributed by atoms with Gasteiger partial charge in [-0.2, -0.15) is 5.26 Å². The van der Waals surface area contributed by atoms with Gasteiger partial charge in [-0.25, -0.2) is 9.59 Å². The number of esters is 2. The number of rotatable bonds is 11. The predicted octanol–water partition coefficient (Wildman–Crippen LogP) is 3.42. The highest BCUT2D eigenvalue weighted by Gasteiger charge is 2.24. The number of epoxide rings is 1. The maximum Gasteiger partial charge on any atom is 0.337 e. The van der Waals surface area contributed by atoms with Crippen molar-refractivity contribution in [3.8, 4) is 6.07 Å². The van der Waals surface area contributed by atoms with Gasteiger partial charge in [-0.1, -0.05) is 32.6 Å². The molecule has 26 heavy (non-hydrogen) atoms. The fourth-order valence-corrected chi connectivity index (χ4v) is 1.42. The first kappa shape index (κ1) is 23.4. The Labute approximate surface area is 155 Å². The zero-order chi connectivity index (χ0) is 19.8. The smallest absolute Gasteiger partial charge is 0.337 e. The molecular formula is C20H27NO5. The first-order valence-corrected chi connectivity index (χ1v) is 8.45. The lowest BCUT2D eigenvalue weighted by molar-refractivity contribution is -0.140. The van der Waals surface area contributed by atoms with Crippen LogP contribution in [0.3, 0.4) is 0 Å². The molecule has 0 aliphatic carbocycles. The Bertz CT molecular complexity index is 567. The second-order valence-electron chi connectivity index (χ2n) is 5.46. The summed E-state index contributed by atoms with van der Waals surface area (Å²) in [4.78, 5) is 22.2. The van der Waals surface area contributed by atoms with Gasteiger partial charge >= 0.3 is 11.9 Å². The average molecular weight is 361 g/mol. The van der Waals surface area contributed by atoms with E-state index in [0.29, 0.717) is 31.8 Å². The van der Waals surface area contributed by atoms with Crippen LogP contribution in [0.1, 0.15) is 32.6 Å². The predicted molar refractivity (Wildman–Crippen MR) is 99.0 cm³/mol. The van der Waals surface area contributed by atoms with Crippen molar-refractivity contribution in [3.05, 3.63) is 49.1 Å². The fraction of sp³-hybridized carbons (Fsp3) is 0.450. The molecule has 0 aromatic carbocycles. The minimum atomic E-state index is -0.458. The van der Waals surface area contributed by atoms with Gasteiger partial charge in [-0.3, -0.25) is 0 Å². The summed E-state index contributed by atoms with van der Waals surface area (Å²) in [6.07, 6.45) is 7.62. The van der Waals surface area contributed by atoms with Crippen molar-refractivity contribution in [2.24, 2.45) is 0 Å². The maximum atomic E-state index is 11.2. The Morgan fingerprint density at radius 2 is 2.00 bits per heavy atom. The third-order valence-electron chi connectivity index (χ3n) is 3.09. The summed E-state index contributed by atoms with van der Waals surface area (Å²) in [7, 11) is 0. The summed E-state index contributed by atoms with van der Waals surface area (Å²) in [5, 5.41) is 8.18. The Hall–Kier alpha value is -2.65. The van der Waals surface area contributed by atoms with Crippen LogP contribution < -0.4 is 0 Å². The molecule has 0 bridgehead atoms. The molecule has 1 aliphatic heterocycles. The van der Waals surface area contributed by atoms with Gasteiger partial charge < -0.3 is 14.2 Å². The van der Waals surface area contributed by atoms with Crippen LogP contribution in [0.15, 0.2) is 49.1 Å². The van der Waals surface area contributed by atoms with Gasteiger partial charge in [-0.15, -0.1) is 6.58 Å². The normalized spacial score (nSPS) is 14.4. The number of hydrogen-bond donors (Lipinski definition) is 0. The van der Waals surface area contributed by atoms with Crippen molar-refractivity contribution in [2.45, 2.75) is 38.7 Å². The third kappa shape index (κ3) is 12.7. The molecule has 1 heterocycles. The molecular weight excluding hydrogens is 334 g/mol. The quantitative estimate of drug-likeness (QED) is 0.107. The number of carbonyl (C=O) groups excluding carboxylic acids is 2. The lowest BCUT2D eigenvalue weighted by atomic mass is 10.2. The molecule has 0 spiro atoms. The van der Waals surface area contributed by atoms with Crippen LogP contribution in [0.4, 0.5) is 0 Å². The molecule has 1 aliphatic rings. The Kier molecular flexibility index (Phi) is 13.2. The zero-order valence-corrected chi connectivity index (χ0v) is 15.4. The summed E-state index contributed by atoms with van der Waals surface area (Å²) in [6.45, 7) is 14.1. The SMILES string of the molecule is C=C(C=CC#N)C(=O)OCCCC.C=CCCC(=C)C(=O)OCC1CO1. The summed E-state index contributed by atoms with van der Waals surface area (Å²) in [6, 6.07) is 1.77. The van der Waals surface area contributed by atoms with Crippen molar-refractivity contribution < 1.29 is 23.8 Å². The minimum absolute atomic E-state index is 0.121. The van der Waals surface area contributed by atoms with Crippen molar-refractivity contribution >= 4 is 11.9 Å². The first-order valence-electron chi connectivity index (χ1n) is 8.45. The average Bonchev–Trinajstić information content (AvgIpc) is 3.47. The van der Waals surface area contributed by atoms with E-state index in [9.17, 15) is 9.59 Å². The van der Waals surface area contributed by atoms with E-state index in [1.165, 1.54) is 12.2 Å². The number of nitrogens with zero attached hydrogens (tertiary/aromatic N) is 1. The Morgan fingerprint density at radius 3 is 2.54 bits per heavy atom. The molecule has 0 radical (unpaired) electrons. The summed E-state index contributed by atoms with van der Waals surface area (Å²) < 4.78 is 14.7. The number of hydrogen-bond acceptors (Lipinski definition) is 6. The number of unbranched alkanes of at least 4 members (excludes halogenated alkanes) is 1. The molecule has 1 fully saturated rings. The highest BCUT2D eigenvalue weighted by Crippen LogP contribution is 2.11. The Morgan fingerprint density at radius 1 is 1.31 bits per heavy atom. The van der Waals surface area contributed by atoms with E-state index in [1.807, 2.05) is 6.92 Å². The zero-order valence-electron chi connectivity index (χ0n) is 15.4. The van der Waals surface area contributed by atoms with Crippen LogP contribution in [-0.2, 0) is 23.8 Å². The molecule has 142 valence electrons. The molecule has 1 atom stereocenters. The summed E-state index contributed by atoms with van der Waals surface area (Å²) in [5.74, 6) is -0.780. The Balaban J connectivity index is 0.000000481. The van der Waals surface area contributed by atoms with Crippen LogP contribution in [0.25, 0.3) is 0 Å². The molecule has 6 nitrogen and oxygen atoms in total. The van der Waals surface area contributed by atoms with Gasteiger partial charge in [0.2, 0.25) is 0 Å². The van der Waals surface area contributed by atoms with E-state index >= 15 is 0 Å². The van der Waals surface area contributed by atoms with E-state index in [4.69, 9.17) is 19.5 Å². The molecule has 0 amide bonds. The topological polar surface area (TPSA) is 88.9 Å². The van der Waals surface area contributed by atoms with Crippen molar-refractivity contribution in [2.75, 3.05) is 19.8 Å². The second kappa shape index (κ2) is 14.7. The van der Waals surface area contributed by atoms with Gasteiger partial charge in [0.1, 0.15) is 12.7 Å². The van der Waals surface area contributed by atoms with E-state index in [0.717, 1.165) is 19.3 Å². The number of carbonyl (C=O) groups is 2. The lowest BCUT2D eigenvalue weighted by Gasteiger charge is -2.03. The van der Waals surface area contributed by atoms with Gasteiger partial charge in [0, 0.05) is 11.6 Å². The molecule has 0 aromatic rings. The third-order valence-corrected chi connectivity index (χ3v) is 3.09. The van der Waals surface area contributed by atoms with Crippen molar-refractivity contribution in [1.82, 2.24) is 0 Å². The van der Waals surface area contributed by atoms with E-state index in [-0.39, 0.29) is 17.6 Å². The van der Waals surface area contributed by atoms with E-state index < -0.39 is 5.97 Å². The number of nitriles is 1. The van der Waals surface area contributed by atoms with Crippen LogP contribution in [0.5, 0.6) is 0 Å². The van der Waals surface area contributed by atoms with Gasteiger partial charge in [-0.05, 0) is 25.3 Å². The fourth-order valence-electron chi connectivity index (χ4n) is 1.42. The van der Waals surface area contributed by atoms with E-state index in [2.05, 4.69) is 19.7 Å². The maximum absolute atomic E-state index is 11.2. The van der Waals surface area contributed by atoms with Crippen LogP contribution in [0.2, 0.25) is 0 Å². The van der Waals surface area contributed by atoms with Gasteiger partial charge in [0.15, 0.2) is 0 Å². The summed E-state index contributed by atoms with van der Waals surface area (Å²) in [5.41, 5.74) is 0.707. The van der Waals surface area contributed by atoms with Crippen molar-refractivity contribution in [3.63, 3.8) is 0 Å². The highest BCUT2D eigenvalue weighted by molar-refractivity contribution is 5.90. The molecule has 1 rings (SSSR count). The largest absolute Gasteiger partial charge is 0.462 e. The standard InChI is InChI=1S/C10H13NO2.C10H14O3/c1-3-4-8-13-10(12)9(2)6-5-7-11;1-3-4-5-8(2)10(11)13-7-9-6-12-9/h5-6H,2-4,8H2,1H3;3,9H,1-2,4-7H2. The highest BCUT2D eigenvalue weighted by atomic mass is 16.6. The molecule has 1 saturated heterocycles. The minimum Gasteiger partial charge on any atom is -0.462 e. The van der Waals surface area contributed by atoms with Crippen LogP contribution >= 0.6 is 0 Å². The monoisotopic (exact) mass is 361 g/mol. The van der Waals surface area contributed by atoms with Gasteiger partial charge in [0.25, 0.3) is 0 Å². The molecule has 1 unspecified atom stereocenters.